The van der Waals surface area contributed by atoms with E-state index in [1.54, 1.807) is 12.4 Å². The van der Waals surface area contributed by atoms with Crippen molar-refractivity contribution in [1.82, 2.24) is 14.8 Å². The molecular formula is C8H5I2N3. The van der Waals surface area contributed by atoms with E-state index in [1.165, 1.54) is 0 Å². The van der Waals surface area contributed by atoms with Gasteiger partial charge in [0, 0.05) is 6.20 Å². The summed E-state index contributed by atoms with van der Waals surface area (Å²) in [6.07, 6.45) is 3.56. The van der Waals surface area contributed by atoms with E-state index in [9.17, 15) is 0 Å². The van der Waals surface area contributed by atoms with E-state index >= 15 is 0 Å². The maximum atomic E-state index is 4.21. The van der Waals surface area contributed by atoms with Gasteiger partial charge in [0.15, 0.2) is 0 Å². The fourth-order valence-electron chi connectivity index (χ4n) is 1.00. The largest absolute Gasteiger partial charge is 0.248 e. The third kappa shape index (κ3) is 1.85. The Morgan fingerprint density at radius 2 is 2.00 bits per heavy atom. The zero-order valence-corrected chi connectivity index (χ0v) is 10.8. The Labute approximate surface area is 103 Å². The first kappa shape index (κ1) is 9.38. The first-order valence-corrected chi connectivity index (χ1v) is 5.75. The second kappa shape index (κ2) is 3.91. The van der Waals surface area contributed by atoms with Gasteiger partial charge in [-0.25, -0.2) is 9.67 Å². The summed E-state index contributed by atoms with van der Waals surface area (Å²) >= 11 is 4.45. The summed E-state index contributed by atoms with van der Waals surface area (Å²) in [5.74, 6) is 0. The molecule has 0 aliphatic heterocycles. The zero-order valence-electron chi connectivity index (χ0n) is 6.48. The molecule has 2 rings (SSSR count). The van der Waals surface area contributed by atoms with Gasteiger partial charge >= 0.3 is 0 Å². The molecule has 2 aromatic rings. The molecular weight excluding hydrogens is 392 g/mol. The monoisotopic (exact) mass is 397 g/mol. The fourth-order valence-corrected chi connectivity index (χ4v) is 2.11. The molecule has 0 N–H and O–H groups in total. The van der Waals surface area contributed by atoms with Crippen molar-refractivity contribution in [3.05, 3.63) is 38.0 Å². The van der Waals surface area contributed by atoms with Crippen LogP contribution in [0.3, 0.4) is 0 Å². The lowest BCUT2D eigenvalue weighted by Crippen LogP contribution is -2.01. The van der Waals surface area contributed by atoms with Crippen LogP contribution >= 0.6 is 45.2 Å². The van der Waals surface area contributed by atoms with Gasteiger partial charge in [-0.05, 0) is 63.4 Å². The first-order valence-electron chi connectivity index (χ1n) is 3.59. The van der Waals surface area contributed by atoms with Crippen molar-refractivity contribution in [2.75, 3.05) is 0 Å². The minimum atomic E-state index is 0.960. The summed E-state index contributed by atoms with van der Waals surface area (Å²) in [7, 11) is 0. The van der Waals surface area contributed by atoms with E-state index in [4.69, 9.17) is 0 Å². The molecule has 3 nitrogen and oxygen atoms in total. The van der Waals surface area contributed by atoms with Gasteiger partial charge in [-0.1, -0.05) is 0 Å². The lowest BCUT2D eigenvalue weighted by atomic mass is 10.4. The van der Waals surface area contributed by atoms with E-state index in [1.807, 2.05) is 22.9 Å². The van der Waals surface area contributed by atoms with Crippen LogP contribution in [0, 0.1) is 7.40 Å². The summed E-state index contributed by atoms with van der Waals surface area (Å²) < 4.78 is 3.92. The summed E-state index contributed by atoms with van der Waals surface area (Å²) in [4.78, 5) is 4.20. The van der Waals surface area contributed by atoms with Crippen molar-refractivity contribution < 1.29 is 0 Å². The second-order valence-electron chi connectivity index (χ2n) is 2.38. The minimum Gasteiger partial charge on any atom is -0.248 e. The maximum absolute atomic E-state index is 4.21. The van der Waals surface area contributed by atoms with E-state index in [-0.39, 0.29) is 0 Å². The van der Waals surface area contributed by atoms with E-state index < -0.39 is 0 Å². The number of rotatable bonds is 1. The molecule has 0 radical (unpaired) electrons. The SMILES string of the molecule is Ic1ncccc1-n1nccc1I. The molecule has 0 saturated carbocycles. The number of nitrogens with zero attached hydrogens (tertiary/aromatic N) is 3. The molecule has 5 heteroatoms. The molecule has 0 amide bonds. The van der Waals surface area contributed by atoms with E-state index in [0.29, 0.717) is 0 Å². The van der Waals surface area contributed by atoms with Crippen molar-refractivity contribution in [2.45, 2.75) is 0 Å². The zero-order chi connectivity index (χ0) is 9.26. The van der Waals surface area contributed by atoms with Crippen LogP contribution < -0.4 is 0 Å². The van der Waals surface area contributed by atoms with Crippen LogP contribution in [-0.4, -0.2) is 14.8 Å². The van der Waals surface area contributed by atoms with Crippen LogP contribution in [0.1, 0.15) is 0 Å². The molecule has 0 atom stereocenters. The molecule has 13 heavy (non-hydrogen) atoms. The standard InChI is InChI=1S/C8H5I2N3/c9-7-3-5-12-13(7)6-2-1-4-11-8(6)10/h1-5H. The highest BCUT2D eigenvalue weighted by molar-refractivity contribution is 14.1. The predicted octanol–water partition coefficient (Wildman–Crippen LogP) is 2.48. The average molecular weight is 397 g/mol. The highest BCUT2D eigenvalue weighted by atomic mass is 127. The van der Waals surface area contributed by atoms with Gasteiger partial charge in [0.25, 0.3) is 0 Å². The summed E-state index contributed by atoms with van der Waals surface area (Å²) in [5.41, 5.74) is 1.03. The van der Waals surface area contributed by atoms with Gasteiger partial charge in [0.1, 0.15) is 7.40 Å². The number of pyridine rings is 1. The number of hydrogen-bond acceptors (Lipinski definition) is 2. The number of aromatic nitrogens is 3. The minimum absolute atomic E-state index is 0.960. The Morgan fingerprint density at radius 3 is 2.62 bits per heavy atom. The van der Waals surface area contributed by atoms with Gasteiger partial charge in [0.2, 0.25) is 0 Å². The maximum Gasteiger partial charge on any atom is 0.126 e. The third-order valence-corrected chi connectivity index (χ3v) is 3.21. The normalized spacial score (nSPS) is 10.3. The molecule has 0 unspecified atom stereocenters. The quantitative estimate of drug-likeness (QED) is 0.547. The molecule has 0 aromatic carbocycles. The van der Waals surface area contributed by atoms with Crippen molar-refractivity contribution in [2.24, 2.45) is 0 Å². The average Bonchev–Trinajstić information content (AvgIpc) is 2.52. The molecule has 0 saturated heterocycles. The molecule has 0 spiro atoms. The van der Waals surface area contributed by atoms with Gasteiger partial charge in [-0.3, -0.25) is 0 Å². The summed E-state index contributed by atoms with van der Waals surface area (Å²) in [6.45, 7) is 0. The van der Waals surface area contributed by atoms with Gasteiger partial charge in [-0.15, -0.1) is 0 Å². The third-order valence-electron chi connectivity index (χ3n) is 1.56. The summed E-state index contributed by atoms with van der Waals surface area (Å²) in [6, 6.07) is 5.88. The van der Waals surface area contributed by atoms with Crippen molar-refractivity contribution in [1.29, 1.82) is 0 Å². The smallest absolute Gasteiger partial charge is 0.126 e. The molecule has 0 bridgehead atoms. The topological polar surface area (TPSA) is 30.7 Å². The van der Waals surface area contributed by atoms with Crippen LogP contribution in [0.15, 0.2) is 30.6 Å². The number of hydrogen-bond donors (Lipinski definition) is 0. The number of halogens is 2. The molecule has 2 heterocycles. The van der Waals surface area contributed by atoms with Crippen LogP contribution in [0.25, 0.3) is 5.69 Å². The fraction of sp³-hybridized carbons (Fsp3) is 0. The Morgan fingerprint density at radius 1 is 1.15 bits per heavy atom. The van der Waals surface area contributed by atoms with E-state index in [2.05, 4.69) is 55.3 Å². The van der Waals surface area contributed by atoms with Gasteiger partial charge in [-0.2, -0.15) is 5.10 Å². The Balaban J connectivity index is 2.59. The Bertz CT molecular complexity index is 425. The van der Waals surface area contributed by atoms with Crippen molar-refractivity contribution >= 4 is 45.2 Å². The summed E-state index contributed by atoms with van der Waals surface area (Å²) in [5, 5.41) is 4.21. The molecule has 2 aromatic heterocycles. The second-order valence-corrected chi connectivity index (χ2v) is 4.51. The molecule has 0 fully saturated rings. The van der Waals surface area contributed by atoms with Gasteiger partial charge < -0.3 is 0 Å². The highest BCUT2D eigenvalue weighted by Gasteiger charge is 2.05. The van der Waals surface area contributed by atoms with Crippen LogP contribution in [-0.2, 0) is 0 Å². The van der Waals surface area contributed by atoms with E-state index in [0.717, 1.165) is 13.1 Å². The Hall–Kier alpha value is -0.180. The molecule has 0 aliphatic carbocycles. The molecule has 66 valence electrons. The predicted molar refractivity (Wildman–Crippen MR) is 66.8 cm³/mol. The van der Waals surface area contributed by atoms with Crippen LogP contribution in [0.5, 0.6) is 0 Å². The van der Waals surface area contributed by atoms with Crippen molar-refractivity contribution in [3.63, 3.8) is 0 Å². The first-order chi connectivity index (χ1) is 6.29. The molecule has 0 aliphatic rings. The Kier molecular flexibility index (Phi) is 2.82. The lowest BCUT2D eigenvalue weighted by molar-refractivity contribution is 0.845. The van der Waals surface area contributed by atoms with Crippen molar-refractivity contribution in [3.8, 4) is 5.69 Å². The lowest BCUT2D eigenvalue weighted by Gasteiger charge is -2.03. The van der Waals surface area contributed by atoms with Gasteiger partial charge in [0.05, 0.1) is 11.9 Å². The van der Waals surface area contributed by atoms with Crippen LogP contribution in [0.4, 0.5) is 0 Å². The highest BCUT2D eigenvalue weighted by Crippen LogP contribution is 2.16. The van der Waals surface area contributed by atoms with Crippen LogP contribution in [0.2, 0.25) is 0 Å².